The van der Waals surface area contributed by atoms with E-state index < -0.39 is 6.10 Å². The molecule has 0 heterocycles. The van der Waals surface area contributed by atoms with Gasteiger partial charge in [0, 0.05) is 0 Å². The first-order chi connectivity index (χ1) is 7.58. The highest BCUT2D eigenvalue weighted by atomic mass is 16.5. The smallest absolute Gasteiger partial charge is 0.161 e. The fourth-order valence-electron chi connectivity index (χ4n) is 1.33. The van der Waals surface area contributed by atoms with Gasteiger partial charge in [-0.15, -0.1) is 0 Å². The Labute approximate surface area is 97.0 Å². The van der Waals surface area contributed by atoms with Crippen molar-refractivity contribution in [3.63, 3.8) is 0 Å². The van der Waals surface area contributed by atoms with Gasteiger partial charge in [0.25, 0.3) is 0 Å². The van der Waals surface area contributed by atoms with Gasteiger partial charge in [-0.05, 0) is 38.0 Å². The third kappa shape index (κ3) is 3.14. The van der Waals surface area contributed by atoms with Crippen LogP contribution in [0.15, 0.2) is 18.2 Å². The Balaban J connectivity index is 2.87. The van der Waals surface area contributed by atoms with Crippen molar-refractivity contribution < 1.29 is 14.6 Å². The molecule has 16 heavy (non-hydrogen) atoms. The molecule has 0 aliphatic heterocycles. The predicted octanol–water partition coefficient (Wildman–Crippen LogP) is 2.41. The fraction of sp³-hybridized carbons (Fsp3) is 0.538. The van der Waals surface area contributed by atoms with Crippen LogP contribution >= 0.6 is 0 Å². The first kappa shape index (κ1) is 12.8. The van der Waals surface area contributed by atoms with Gasteiger partial charge in [-0.25, -0.2) is 0 Å². The second-order valence-corrected chi connectivity index (χ2v) is 3.90. The van der Waals surface area contributed by atoms with E-state index in [0.717, 1.165) is 6.42 Å². The Kier molecular flexibility index (Phi) is 4.62. The summed E-state index contributed by atoms with van der Waals surface area (Å²) in [4.78, 5) is 0. The standard InChI is InChI=1S/C13H20O3/c1-5-11-6-7-12(13(8-11)15-4)16-10(3)9(2)14/h6-10,14H,5H2,1-4H3/t9-,10?/m1/s1. The molecule has 0 amide bonds. The van der Waals surface area contributed by atoms with E-state index in [1.165, 1.54) is 5.56 Å². The Morgan fingerprint density at radius 2 is 1.94 bits per heavy atom. The van der Waals surface area contributed by atoms with Crippen molar-refractivity contribution in [1.29, 1.82) is 0 Å². The molecule has 3 heteroatoms. The molecule has 0 fully saturated rings. The molecule has 0 saturated carbocycles. The van der Waals surface area contributed by atoms with E-state index in [0.29, 0.717) is 11.5 Å². The van der Waals surface area contributed by atoms with Crippen LogP contribution in [-0.2, 0) is 6.42 Å². The molecule has 0 saturated heterocycles. The number of rotatable bonds is 5. The van der Waals surface area contributed by atoms with Crippen molar-refractivity contribution in [2.45, 2.75) is 39.4 Å². The Bertz CT molecular complexity index is 334. The van der Waals surface area contributed by atoms with Gasteiger partial charge >= 0.3 is 0 Å². The van der Waals surface area contributed by atoms with Crippen molar-refractivity contribution in [1.82, 2.24) is 0 Å². The lowest BCUT2D eigenvalue weighted by Crippen LogP contribution is -2.25. The molecule has 0 radical (unpaired) electrons. The lowest BCUT2D eigenvalue weighted by Gasteiger charge is -2.19. The zero-order chi connectivity index (χ0) is 12.1. The zero-order valence-electron chi connectivity index (χ0n) is 10.4. The van der Waals surface area contributed by atoms with Gasteiger partial charge in [-0.1, -0.05) is 13.0 Å². The normalized spacial score (nSPS) is 14.3. The quantitative estimate of drug-likeness (QED) is 0.834. The van der Waals surface area contributed by atoms with Crippen LogP contribution in [0.2, 0.25) is 0 Å². The molecule has 0 bridgehead atoms. The van der Waals surface area contributed by atoms with Crippen molar-refractivity contribution in [2.75, 3.05) is 7.11 Å². The second kappa shape index (κ2) is 5.75. The number of aliphatic hydroxyl groups is 1. The first-order valence-corrected chi connectivity index (χ1v) is 5.60. The predicted molar refractivity (Wildman–Crippen MR) is 64.1 cm³/mol. The first-order valence-electron chi connectivity index (χ1n) is 5.60. The number of aliphatic hydroxyl groups excluding tert-OH is 1. The van der Waals surface area contributed by atoms with Crippen LogP contribution in [0.1, 0.15) is 26.3 Å². The summed E-state index contributed by atoms with van der Waals surface area (Å²) in [6.45, 7) is 5.63. The molecule has 1 unspecified atom stereocenters. The summed E-state index contributed by atoms with van der Waals surface area (Å²) >= 11 is 0. The van der Waals surface area contributed by atoms with E-state index >= 15 is 0 Å². The lowest BCUT2D eigenvalue weighted by molar-refractivity contribution is 0.0586. The van der Waals surface area contributed by atoms with Gasteiger partial charge in [-0.2, -0.15) is 0 Å². The van der Waals surface area contributed by atoms with Crippen LogP contribution < -0.4 is 9.47 Å². The summed E-state index contributed by atoms with van der Waals surface area (Å²) in [5, 5.41) is 9.38. The maximum atomic E-state index is 9.38. The van der Waals surface area contributed by atoms with E-state index in [2.05, 4.69) is 6.92 Å². The van der Waals surface area contributed by atoms with Crippen LogP contribution in [0.25, 0.3) is 0 Å². The Hall–Kier alpha value is -1.22. The van der Waals surface area contributed by atoms with Crippen molar-refractivity contribution in [3.8, 4) is 11.5 Å². The number of ether oxygens (including phenoxy) is 2. The molecule has 90 valence electrons. The van der Waals surface area contributed by atoms with Crippen molar-refractivity contribution >= 4 is 0 Å². The van der Waals surface area contributed by atoms with Crippen molar-refractivity contribution in [3.05, 3.63) is 23.8 Å². The average molecular weight is 224 g/mol. The summed E-state index contributed by atoms with van der Waals surface area (Å²) in [6.07, 6.45) is 0.208. The summed E-state index contributed by atoms with van der Waals surface area (Å²) in [7, 11) is 1.62. The van der Waals surface area contributed by atoms with Crippen LogP contribution in [0, 0.1) is 0 Å². The number of benzene rings is 1. The minimum atomic E-state index is -0.504. The third-order valence-corrected chi connectivity index (χ3v) is 2.63. The molecule has 1 aromatic carbocycles. The van der Waals surface area contributed by atoms with E-state index in [-0.39, 0.29) is 6.10 Å². The molecule has 0 spiro atoms. The monoisotopic (exact) mass is 224 g/mol. The van der Waals surface area contributed by atoms with E-state index in [4.69, 9.17) is 9.47 Å². The van der Waals surface area contributed by atoms with E-state index in [1.54, 1.807) is 14.0 Å². The largest absolute Gasteiger partial charge is 0.493 e. The Morgan fingerprint density at radius 3 is 2.44 bits per heavy atom. The number of hydrogen-bond acceptors (Lipinski definition) is 3. The number of methoxy groups -OCH3 is 1. The van der Waals surface area contributed by atoms with Crippen LogP contribution in [0.3, 0.4) is 0 Å². The molecule has 0 aliphatic carbocycles. The molecule has 1 rings (SSSR count). The fourth-order valence-corrected chi connectivity index (χ4v) is 1.33. The van der Waals surface area contributed by atoms with Gasteiger partial charge in [0.1, 0.15) is 6.10 Å². The topological polar surface area (TPSA) is 38.7 Å². The minimum Gasteiger partial charge on any atom is -0.493 e. The Morgan fingerprint density at radius 1 is 1.25 bits per heavy atom. The van der Waals surface area contributed by atoms with Gasteiger partial charge in [0.15, 0.2) is 11.5 Å². The highest BCUT2D eigenvalue weighted by molar-refractivity contribution is 5.43. The molecule has 0 aliphatic rings. The van der Waals surface area contributed by atoms with Gasteiger partial charge in [-0.3, -0.25) is 0 Å². The summed E-state index contributed by atoms with van der Waals surface area (Å²) < 4.78 is 10.9. The SMILES string of the molecule is CCc1ccc(OC(C)[C@@H](C)O)c(OC)c1. The molecule has 0 aromatic heterocycles. The zero-order valence-corrected chi connectivity index (χ0v) is 10.4. The highest BCUT2D eigenvalue weighted by Crippen LogP contribution is 2.29. The molecule has 1 aromatic rings. The van der Waals surface area contributed by atoms with Gasteiger partial charge in [0.05, 0.1) is 13.2 Å². The molecular weight excluding hydrogens is 204 g/mol. The molecular formula is C13H20O3. The third-order valence-electron chi connectivity index (χ3n) is 2.63. The molecule has 1 N–H and O–H groups in total. The molecule has 2 atom stereocenters. The number of aryl methyl sites for hydroxylation is 1. The number of hydrogen-bond donors (Lipinski definition) is 1. The highest BCUT2D eigenvalue weighted by Gasteiger charge is 2.13. The van der Waals surface area contributed by atoms with Crippen LogP contribution in [0.5, 0.6) is 11.5 Å². The van der Waals surface area contributed by atoms with Gasteiger partial charge in [0.2, 0.25) is 0 Å². The van der Waals surface area contributed by atoms with Crippen LogP contribution in [-0.4, -0.2) is 24.4 Å². The second-order valence-electron chi connectivity index (χ2n) is 3.90. The van der Waals surface area contributed by atoms with Crippen LogP contribution in [0.4, 0.5) is 0 Å². The van der Waals surface area contributed by atoms with Crippen molar-refractivity contribution in [2.24, 2.45) is 0 Å². The maximum Gasteiger partial charge on any atom is 0.161 e. The molecule has 3 nitrogen and oxygen atoms in total. The van der Waals surface area contributed by atoms with Gasteiger partial charge < -0.3 is 14.6 Å². The average Bonchev–Trinajstić information content (AvgIpc) is 2.29. The van der Waals surface area contributed by atoms with E-state index in [9.17, 15) is 5.11 Å². The minimum absolute atomic E-state index is 0.249. The lowest BCUT2D eigenvalue weighted by atomic mass is 10.1. The van der Waals surface area contributed by atoms with E-state index in [1.807, 2.05) is 25.1 Å². The summed E-state index contributed by atoms with van der Waals surface area (Å²) in [5.74, 6) is 1.39. The maximum absolute atomic E-state index is 9.38. The summed E-state index contributed by atoms with van der Waals surface area (Å²) in [5.41, 5.74) is 1.20. The summed E-state index contributed by atoms with van der Waals surface area (Å²) in [6, 6.07) is 5.85.